The van der Waals surface area contributed by atoms with Crippen LogP contribution in [0.2, 0.25) is 0 Å². The van der Waals surface area contributed by atoms with Crippen LogP contribution >= 0.6 is 0 Å². The molecule has 0 rings (SSSR count). The highest BCUT2D eigenvalue weighted by atomic mass is 32.2. The van der Waals surface area contributed by atoms with Crippen LogP contribution in [-0.2, 0) is 29.9 Å². The number of rotatable bonds is 10. The third-order valence-corrected chi connectivity index (χ3v) is 3.91. The first-order chi connectivity index (χ1) is 8.52. The van der Waals surface area contributed by atoms with Crippen LogP contribution in [0.25, 0.3) is 0 Å². The van der Waals surface area contributed by atoms with Gasteiger partial charge in [0, 0.05) is 23.2 Å². The molecule has 7 heteroatoms. The summed E-state index contributed by atoms with van der Waals surface area (Å²) in [5.74, 6) is -1.61. The van der Waals surface area contributed by atoms with Crippen molar-refractivity contribution < 1.29 is 28.4 Å². The Morgan fingerprint density at radius 2 is 1.94 bits per heavy atom. The molecule has 0 radical (unpaired) electrons. The number of hydrogen-bond acceptors (Lipinski definition) is 5. The molecule has 0 bridgehead atoms. The number of hydrogen-bond donors (Lipinski definition) is 1. The fourth-order valence-corrected chi connectivity index (χ4v) is 2.54. The van der Waals surface area contributed by atoms with Gasteiger partial charge in [-0.05, 0) is 13.3 Å². The first-order valence-corrected chi connectivity index (χ1v) is 7.24. The zero-order valence-electron chi connectivity index (χ0n) is 10.7. The van der Waals surface area contributed by atoms with Crippen LogP contribution in [0.5, 0.6) is 0 Å². The average molecular weight is 280 g/mol. The van der Waals surface area contributed by atoms with Gasteiger partial charge < -0.3 is 14.6 Å². The first-order valence-electron chi connectivity index (χ1n) is 5.86. The van der Waals surface area contributed by atoms with Crippen molar-refractivity contribution in [2.75, 3.05) is 25.6 Å². The van der Waals surface area contributed by atoms with Gasteiger partial charge in [-0.3, -0.25) is 13.8 Å². The molecule has 0 aliphatic heterocycles. The number of carboxylic acids is 1. The highest BCUT2D eigenvalue weighted by Gasteiger charge is 2.25. The molecular weight excluding hydrogens is 260 g/mol. The maximum atomic E-state index is 11.7. The van der Waals surface area contributed by atoms with Gasteiger partial charge in [0.1, 0.15) is 11.9 Å². The Morgan fingerprint density at radius 3 is 2.44 bits per heavy atom. The van der Waals surface area contributed by atoms with Crippen molar-refractivity contribution in [2.45, 2.75) is 31.9 Å². The molecule has 1 N–H and O–H groups in total. The van der Waals surface area contributed by atoms with Crippen LogP contribution in [0.1, 0.15) is 26.7 Å². The minimum atomic E-state index is -1.51. The second kappa shape index (κ2) is 10.0. The van der Waals surface area contributed by atoms with Crippen molar-refractivity contribution in [1.29, 1.82) is 0 Å². The Labute approximate surface area is 109 Å². The minimum absolute atomic E-state index is 0.0333. The predicted octanol–water partition coefficient (Wildman–Crippen LogP) is 0.568. The van der Waals surface area contributed by atoms with E-state index in [1.807, 2.05) is 6.92 Å². The summed E-state index contributed by atoms with van der Waals surface area (Å²) in [5.41, 5.74) is 0. The van der Waals surface area contributed by atoms with Gasteiger partial charge in [-0.2, -0.15) is 0 Å². The van der Waals surface area contributed by atoms with Crippen molar-refractivity contribution in [3.63, 3.8) is 0 Å². The molecule has 2 unspecified atom stereocenters. The van der Waals surface area contributed by atoms with Gasteiger partial charge in [-0.1, -0.05) is 6.92 Å². The lowest BCUT2D eigenvalue weighted by atomic mass is 10.3. The van der Waals surface area contributed by atoms with E-state index in [0.29, 0.717) is 19.6 Å². The fraction of sp³-hybridized carbons (Fsp3) is 0.818. The van der Waals surface area contributed by atoms with E-state index >= 15 is 0 Å². The highest BCUT2D eigenvalue weighted by Crippen LogP contribution is 2.06. The van der Waals surface area contributed by atoms with Crippen LogP contribution in [0, 0.1) is 0 Å². The summed E-state index contributed by atoms with van der Waals surface area (Å²) >= 11 is 0. The van der Waals surface area contributed by atoms with Crippen molar-refractivity contribution in [3.8, 4) is 0 Å². The van der Waals surface area contributed by atoms with Gasteiger partial charge in [0.15, 0.2) is 0 Å². The number of esters is 1. The fourth-order valence-electron chi connectivity index (χ4n) is 1.23. The molecular formula is C11H20O6S. The van der Waals surface area contributed by atoms with E-state index in [1.54, 1.807) is 6.92 Å². The lowest BCUT2D eigenvalue weighted by molar-refractivity contribution is -0.144. The van der Waals surface area contributed by atoms with Gasteiger partial charge in [-0.15, -0.1) is 0 Å². The van der Waals surface area contributed by atoms with Gasteiger partial charge >= 0.3 is 11.9 Å². The Morgan fingerprint density at radius 1 is 1.28 bits per heavy atom. The SMILES string of the molecule is CCOCCOC(=O)C(CC)S(=O)CCC(=O)O. The molecule has 0 saturated heterocycles. The molecule has 2 atom stereocenters. The van der Waals surface area contributed by atoms with Gasteiger partial charge in [0.05, 0.1) is 13.0 Å². The number of carbonyl (C=O) groups is 2. The Balaban J connectivity index is 4.09. The summed E-state index contributed by atoms with van der Waals surface area (Å²) in [7, 11) is -1.51. The molecule has 0 aromatic carbocycles. The third-order valence-electron chi connectivity index (χ3n) is 2.14. The molecule has 0 aliphatic carbocycles. The van der Waals surface area contributed by atoms with Gasteiger partial charge in [-0.25, -0.2) is 0 Å². The van der Waals surface area contributed by atoms with E-state index in [2.05, 4.69) is 0 Å². The first kappa shape index (κ1) is 17.1. The van der Waals surface area contributed by atoms with Crippen LogP contribution in [-0.4, -0.2) is 52.1 Å². The summed E-state index contributed by atoms with van der Waals surface area (Å²) in [4.78, 5) is 22.0. The van der Waals surface area contributed by atoms with Crippen LogP contribution in [0.3, 0.4) is 0 Å². The largest absolute Gasteiger partial charge is 0.481 e. The van der Waals surface area contributed by atoms with Crippen LogP contribution in [0.15, 0.2) is 0 Å². The van der Waals surface area contributed by atoms with Crippen molar-refractivity contribution in [1.82, 2.24) is 0 Å². The van der Waals surface area contributed by atoms with E-state index in [1.165, 1.54) is 0 Å². The Hall–Kier alpha value is -0.950. The van der Waals surface area contributed by atoms with E-state index in [4.69, 9.17) is 14.6 Å². The Bertz CT molecular complexity index is 291. The lowest BCUT2D eigenvalue weighted by Gasteiger charge is -2.13. The van der Waals surface area contributed by atoms with E-state index in [0.717, 1.165) is 0 Å². The second-order valence-electron chi connectivity index (χ2n) is 3.49. The summed E-state index contributed by atoms with van der Waals surface area (Å²) in [6, 6.07) is 0. The maximum absolute atomic E-state index is 11.7. The highest BCUT2D eigenvalue weighted by molar-refractivity contribution is 7.86. The number of ether oxygens (including phenoxy) is 2. The number of carbonyl (C=O) groups excluding carboxylic acids is 1. The second-order valence-corrected chi connectivity index (χ2v) is 5.23. The molecule has 0 amide bonds. The van der Waals surface area contributed by atoms with Crippen molar-refractivity contribution >= 4 is 22.7 Å². The van der Waals surface area contributed by atoms with E-state index in [9.17, 15) is 13.8 Å². The van der Waals surface area contributed by atoms with Gasteiger partial charge in [0.25, 0.3) is 0 Å². The van der Waals surface area contributed by atoms with E-state index < -0.39 is 28.0 Å². The zero-order chi connectivity index (χ0) is 14.0. The van der Waals surface area contributed by atoms with Gasteiger partial charge in [0.2, 0.25) is 0 Å². The molecule has 0 heterocycles. The quantitative estimate of drug-likeness (QED) is 0.465. The third kappa shape index (κ3) is 7.39. The lowest BCUT2D eigenvalue weighted by Crippen LogP contribution is -2.30. The normalized spacial score (nSPS) is 13.9. The maximum Gasteiger partial charge on any atom is 0.321 e. The summed E-state index contributed by atoms with van der Waals surface area (Å²) in [5, 5.41) is 7.73. The molecule has 0 saturated carbocycles. The monoisotopic (exact) mass is 280 g/mol. The average Bonchev–Trinajstić information content (AvgIpc) is 2.33. The molecule has 18 heavy (non-hydrogen) atoms. The summed E-state index contributed by atoms with van der Waals surface area (Å²) in [6.45, 7) is 4.52. The van der Waals surface area contributed by atoms with Crippen molar-refractivity contribution in [2.24, 2.45) is 0 Å². The summed E-state index contributed by atoms with van der Waals surface area (Å²) < 4.78 is 21.7. The Kier molecular flexibility index (Phi) is 9.49. The molecule has 0 spiro atoms. The standard InChI is InChI=1S/C11H20O6S/c1-3-9(18(15)8-5-10(12)13)11(14)17-7-6-16-4-2/h9H,3-8H2,1-2H3,(H,12,13). The molecule has 106 valence electrons. The molecule has 0 aliphatic rings. The zero-order valence-corrected chi connectivity index (χ0v) is 11.5. The number of carboxylic acid groups (broad SMARTS) is 1. The van der Waals surface area contributed by atoms with Crippen molar-refractivity contribution in [3.05, 3.63) is 0 Å². The molecule has 0 fully saturated rings. The molecule has 0 aromatic rings. The van der Waals surface area contributed by atoms with E-state index in [-0.39, 0.29) is 18.8 Å². The van der Waals surface area contributed by atoms with Crippen LogP contribution in [0.4, 0.5) is 0 Å². The topological polar surface area (TPSA) is 89.9 Å². The minimum Gasteiger partial charge on any atom is -0.481 e. The smallest absolute Gasteiger partial charge is 0.321 e. The summed E-state index contributed by atoms with van der Waals surface area (Å²) in [6.07, 6.45) is 0.148. The number of aliphatic carboxylic acids is 1. The molecule has 0 aromatic heterocycles. The predicted molar refractivity (Wildman–Crippen MR) is 66.8 cm³/mol. The van der Waals surface area contributed by atoms with Crippen LogP contribution < -0.4 is 0 Å². The molecule has 6 nitrogen and oxygen atoms in total.